The number of sulfonamides is 1. The highest BCUT2D eigenvalue weighted by atomic mass is 32.2. The van der Waals surface area contributed by atoms with E-state index in [2.05, 4.69) is 39.8 Å². The SMILES string of the molecule is CCn1cc(S(=O)(=O)NC2CCc3[nH]c4ccc(C)cc4c3C2)nc1C. The van der Waals surface area contributed by atoms with Gasteiger partial charge in [0.25, 0.3) is 10.0 Å². The van der Waals surface area contributed by atoms with Gasteiger partial charge in [-0.15, -0.1) is 0 Å². The molecular formula is C19H24N4O2S. The van der Waals surface area contributed by atoms with Crippen molar-refractivity contribution in [2.75, 3.05) is 0 Å². The molecule has 3 aromatic rings. The zero-order valence-corrected chi connectivity index (χ0v) is 16.2. The molecule has 1 aliphatic carbocycles. The van der Waals surface area contributed by atoms with Gasteiger partial charge < -0.3 is 9.55 Å². The van der Waals surface area contributed by atoms with Crippen LogP contribution in [0.2, 0.25) is 0 Å². The van der Waals surface area contributed by atoms with Crippen LogP contribution >= 0.6 is 0 Å². The van der Waals surface area contributed by atoms with Gasteiger partial charge in [-0.1, -0.05) is 11.6 Å². The number of aromatic nitrogens is 3. The maximum absolute atomic E-state index is 12.8. The fraction of sp³-hybridized carbons (Fsp3) is 0.421. The van der Waals surface area contributed by atoms with Crippen LogP contribution in [-0.4, -0.2) is 29.0 Å². The minimum Gasteiger partial charge on any atom is -0.358 e. The zero-order valence-electron chi connectivity index (χ0n) is 15.3. The Hall–Kier alpha value is -2.12. The molecule has 2 N–H and O–H groups in total. The van der Waals surface area contributed by atoms with Crippen molar-refractivity contribution in [3.05, 3.63) is 47.0 Å². The molecule has 26 heavy (non-hydrogen) atoms. The Morgan fingerprint density at radius 3 is 2.88 bits per heavy atom. The Morgan fingerprint density at radius 1 is 1.35 bits per heavy atom. The van der Waals surface area contributed by atoms with E-state index in [0.29, 0.717) is 18.8 Å². The van der Waals surface area contributed by atoms with E-state index in [1.54, 1.807) is 6.20 Å². The fourth-order valence-electron chi connectivity index (χ4n) is 3.84. The van der Waals surface area contributed by atoms with Crippen LogP contribution < -0.4 is 4.72 Å². The second-order valence-electron chi connectivity index (χ2n) is 7.10. The van der Waals surface area contributed by atoms with Crippen LogP contribution in [0.3, 0.4) is 0 Å². The smallest absolute Gasteiger partial charge is 0.259 e. The first-order chi connectivity index (χ1) is 12.4. The lowest BCUT2D eigenvalue weighted by atomic mass is 9.92. The van der Waals surface area contributed by atoms with Gasteiger partial charge in [0.15, 0.2) is 5.03 Å². The van der Waals surface area contributed by atoms with Crippen LogP contribution in [0, 0.1) is 13.8 Å². The second-order valence-corrected chi connectivity index (χ2v) is 8.77. The maximum atomic E-state index is 12.8. The summed E-state index contributed by atoms with van der Waals surface area (Å²) in [6, 6.07) is 6.26. The minimum atomic E-state index is -3.61. The number of fused-ring (bicyclic) bond motifs is 3. The van der Waals surface area contributed by atoms with E-state index in [0.717, 1.165) is 18.4 Å². The molecule has 1 aliphatic rings. The highest BCUT2D eigenvalue weighted by Gasteiger charge is 2.28. The molecule has 0 saturated heterocycles. The van der Waals surface area contributed by atoms with Crippen molar-refractivity contribution in [2.45, 2.75) is 57.6 Å². The first kappa shape index (κ1) is 17.3. The average molecular weight is 372 g/mol. The number of aromatic amines is 1. The average Bonchev–Trinajstić information content (AvgIpc) is 3.15. The Morgan fingerprint density at radius 2 is 2.15 bits per heavy atom. The number of H-pyrrole nitrogens is 1. The van der Waals surface area contributed by atoms with E-state index >= 15 is 0 Å². The first-order valence-electron chi connectivity index (χ1n) is 9.03. The second kappa shape index (κ2) is 6.25. The Kier molecular flexibility index (Phi) is 4.16. The molecule has 0 radical (unpaired) electrons. The van der Waals surface area contributed by atoms with Crippen LogP contribution in [0.15, 0.2) is 29.4 Å². The van der Waals surface area contributed by atoms with E-state index in [1.807, 2.05) is 18.4 Å². The van der Waals surface area contributed by atoms with Gasteiger partial charge in [0, 0.05) is 35.4 Å². The van der Waals surface area contributed by atoms with Gasteiger partial charge in [0.1, 0.15) is 5.82 Å². The molecule has 6 nitrogen and oxygen atoms in total. The molecule has 1 aromatic carbocycles. The molecule has 0 fully saturated rings. The van der Waals surface area contributed by atoms with Crippen LogP contribution in [0.5, 0.6) is 0 Å². The van der Waals surface area contributed by atoms with Crippen LogP contribution in [0.25, 0.3) is 10.9 Å². The van der Waals surface area contributed by atoms with E-state index < -0.39 is 10.0 Å². The van der Waals surface area contributed by atoms with Crippen LogP contribution in [0.4, 0.5) is 0 Å². The van der Waals surface area contributed by atoms with Crippen LogP contribution in [0.1, 0.15) is 36.0 Å². The van der Waals surface area contributed by atoms with Crippen molar-refractivity contribution in [1.82, 2.24) is 19.3 Å². The number of imidazole rings is 1. The number of rotatable bonds is 4. The van der Waals surface area contributed by atoms with Crippen LogP contribution in [-0.2, 0) is 29.4 Å². The highest BCUT2D eigenvalue weighted by molar-refractivity contribution is 7.89. The molecule has 4 rings (SSSR count). The lowest BCUT2D eigenvalue weighted by Crippen LogP contribution is -2.38. The first-order valence-corrected chi connectivity index (χ1v) is 10.5. The van der Waals surface area contributed by atoms with E-state index in [4.69, 9.17) is 0 Å². The lowest BCUT2D eigenvalue weighted by Gasteiger charge is -2.23. The molecule has 0 aliphatic heterocycles. The monoisotopic (exact) mass is 372 g/mol. The predicted octanol–water partition coefficient (Wildman–Crippen LogP) is 2.84. The zero-order chi connectivity index (χ0) is 18.5. The van der Waals surface area contributed by atoms with Gasteiger partial charge in [0.2, 0.25) is 0 Å². The van der Waals surface area contributed by atoms with E-state index in [-0.39, 0.29) is 11.1 Å². The van der Waals surface area contributed by atoms with Crippen molar-refractivity contribution in [3.63, 3.8) is 0 Å². The number of nitrogens with one attached hydrogen (secondary N) is 2. The Bertz CT molecular complexity index is 1080. The van der Waals surface area contributed by atoms with Crippen molar-refractivity contribution >= 4 is 20.9 Å². The van der Waals surface area contributed by atoms with Gasteiger partial charge in [-0.25, -0.2) is 18.1 Å². The standard InChI is InChI=1S/C19H24N4O2S/c1-4-23-11-19(20-13(23)3)26(24,25)22-14-6-8-18-16(10-14)15-9-12(2)5-7-17(15)21-18/h5,7,9,11,14,21-22H,4,6,8,10H2,1-3H3. The van der Waals surface area contributed by atoms with Gasteiger partial charge in [-0.3, -0.25) is 0 Å². The molecule has 0 saturated carbocycles. The van der Waals surface area contributed by atoms with E-state index in [1.165, 1.54) is 22.2 Å². The summed E-state index contributed by atoms with van der Waals surface area (Å²) in [4.78, 5) is 7.70. The van der Waals surface area contributed by atoms with E-state index in [9.17, 15) is 8.42 Å². The van der Waals surface area contributed by atoms with Crippen molar-refractivity contribution in [3.8, 4) is 0 Å². The van der Waals surface area contributed by atoms with Gasteiger partial charge in [-0.2, -0.15) is 0 Å². The third kappa shape index (κ3) is 2.95. The quantitative estimate of drug-likeness (QED) is 0.739. The molecule has 0 spiro atoms. The maximum Gasteiger partial charge on any atom is 0.259 e. The molecule has 0 bridgehead atoms. The summed E-state index contributed by atoms with van der Waals surface area (Å²) in [5.41, 5.74) is 4.80. The van der Waals surface area contributed by atoms with Gasteiger partial charge in [-0.05, 0) is 57.7 Å². The number of hydrogen-bond donors (Lipinski definition) is 2. The van der Waals surface area contributed by atoms with Crippen molar-refractivity contribution in [2.24, 2.45) is 0 Å². The molecule has 7 heteroatoms. The normalized spacial score (nSPS) is 17.6. The summed E-state index contributed by atoms with van der Waals surface area (Å²) >= 11 is 0. The summed E-state index contributed by atoms with van der Waals surface area (Å²) < 4.78 is 30.2. The number of benzene rings is 1. The Labute approximate surface area is 153 Å². The summed E-state index contributed by atoms with van der Waals surface area (Å²) in [6.07, 6.45) is 3.94. The van der Waals surface area contributed by atoms with Crippen molar-refractivity contribution in [1.29, 1.82) is 0 Å². The lowest BCUT2D eigenvalue weighted by molar-refractivity contribution is 0.505. The summed E-state index contributed by atoms with van der Waals surface area (Å²) in [7, 11) is -3.61. The summed E-state index contributed by atoms with van der Waals surface area (Å²) in [5.74, 6) is 0.714. The Balaban J connectivity index is 1.60. The van der Waals surface area contributed by atoms with Crippen molar-refractivity contribution < 1.29 is 8.42 Å². The van der Waals surface area contributed by atoms with Gasteiger partial charge >= 0.3 is 0 Å². The molecule has 1 unspecified atom stereocenters. The minimum absolute atomic E-state index is 0.109. The molecule has 2 heterocycles. The third-order valence-corrected chi connectivity index (χ3v) is 6.63. The topological polar surface area (TPSA) is 79.8 Å². The molecule has 2 aromatic heterocycles. The summed E-state index contributed by atoms with van der Waals surface area (Å²) in [5, 5.41) is 1.31. The predicted molar refractivity (Wildman–Crippen MR) is 102 cm³/mol. The molecule has 138 valence electrons. The fourth-order valence-corrected chi connectivity index (χ4v) is 5.12. The summed E-state index contributed by atoms with van der Waals surface area (Å²) in [6.45, 7) is 6.58. The molecule has 1 atom stereocenters. The highest BCUT2D eigenvalue weighted by Crippen LogP contribution is 2.30. The number of hydrogen-bond acceptors (Lipinski definition) is 3. The molecular weight excluding hydrogens is 348 g/mol. The number of nitrogens with zero attached hydrogens (tertiary/aromatic N) is 2. The van der Waals surface area contributed by atoms with Gasteiger partial charge in [0.05, 0.1) is 0 Å². The molecule has 0 amide bonds. The number of aryl methyl sites for hydroxylation is 4. The largest absolute Gasteiger partial charge is 0.358 e. The third-order valence-electron chi connectivity index (χ3n) is 5.24.